The van der Waals surface area contributed by atoms with Crippen LogP contribution in [0.5, 0.6) is 5.75 Å². The number of hydrogen-bond acceptors (Lipinski definition) is 4. The summed E-state index contributed by atoms with van der Waals surface area (Å²) >= 11 is 0. The van der Waals surface area contributed by atoms with Crippen molar-refractivity contribution in [1.82, 2.24) is 9.21 Å². The molecular weight excluding hydrogens is 352 g/mol. The number of benzene rings is 2. The molecule has 2 aromatic carbocycles. The molecular formula is C19H20N2O4S. The third-order valence-corrected chi connectivity index (χ3v) is 6.72. The van der Waals surface area contributed by atoms with Gasteiger partial charge in [-0.2, -0.15) is 0 Å². The second-order valence-electron chi connectivity index (χ2n) is 6.76. The number of amides is 2. The number of ether oxygens (including phenoxy) is 1. The normalized spacial score (nSPS) is 20.7. The molecule has 0 aliphatic carbocycles. The lowest BCUT2D eigenvalue weighted by Crippen LogP contribution is -2.52. The fourth-order valence-corrected chi connectivity index (χ4v) is 5.25. The Morgan fingerprint density at radius 3 is 2.58 bits per heavy atom. The summed E-state index contributed by atoms with van der Waals surface area (Å²) in [6.45, 7) is 2.45. The molecule has 2 aliphatic heterocycles. The molecule has 2 aromatic rings. The van der Waals surface area contributed by atoms with Gasteiger partial charge in [0.15, 0.2) is 0 Å². The molecule has 0 N–H and O–H groups in total. The van der Waals surface area contributed by atoms with E-state index in [-0.39, 0.29) is 12.3 Å². The predicted molar refractivity (Wildman–Crippen MR) is 97.2 cm³/mol. The predicted octanol–water partition coefficient (Wildman–Crippen LogP) is 2.83. The Morgan fingerprint density at radius 1 is 1.15 bits per heavy atom. The number of fused-ring (bicyclic) bond motifs is 3. The first-order chi connectivity index (χ1) is 12.4. The van der Waals surface area contributed by atoms with Gasteiger partial charge in [-0.15, -0.1) is 0 Å². The molecule has 2 heterocycles. The van der Waals surface area contributed by atoms with Crippen molar-refractivity contribution in [2.75, 3.05) is 12.9 Å². The van der Waals surface area contributed by atoms with E-state index in [1.165, 1.54) is 0 Å². The summed E-state index contributed by atoms with van der Waals surface area (Å²) in [6, 6.07) is 12.2. The van der Waals surface area contributed by atoms with Crippen molar-refractivity contribution in [3.05, 3.63) is 64.7 Å². The van der Waals surface area contributed by atoms with E-state index >= 15 is 0 Å². The summed E-state index contributed by atoms with van der Waals surface area (Å²) in [5.41, 5.74) is 3.78. The number of urea groups is 1. The van der Waals surface area contributed by atoms with Crippen LogP contribution in [0, 0.1) is 6.92 Å². The van der Waals surface area contributed by atoms with E-state index in [0.717, 1.165) is 26.6 Å². The van der Waals surface area contributed by atoms with E-state index in [2.05, 4.69) is 0 Å². The van der Waals surface area contributed by atoms with E-state index in [1.807, 2.05) is 25.1 Å². The fourth-order valence-electron chi connectivity index (χ4n) is 3.63. The molecule has 0 radical (unpaired) electrons. The van der Waals surface area contributed by atoms with Crippen LogP contribution < -0.4 is 4.74 Å². The average molecular weight is 372 g/mol. The molecule has 1 unspecified atom stereocenters. The van der Waals surface area contributed by atoms with Crippen LogP contribution in [0.25, 0.3) is 0 Å². The number of nitrogens with zero attached hydrogens (tertiary/aromatic N) is 2. The molecule has 2 aliphatic rings. The van der Waals surface area contributed by atoms with E-state index in [0.29, 0.717) is 12.3 Å². The topological polar surface area (TPSA) is 66.9 Å². The minimum absolute atomic E-state index is 0.0315. The molecule has 26 heavy (non-hydrogen) atoms. The Hall–Kier alpha value is -2.54. The first-order valence-electron chi connectivity index (χ1n) is 8.42. The lowest BCUT2D eigenvalue weighted by molar-refractivity contribution is 0.155. The van der Waals surface area contributed by atoms with Gasteiger partial charge in [-0.25, -0.2) is 17.5 Å². The Balaban J connectivity index is 1.64. The summed E-state index contributed by atoms with van der Waals surface area (Å²) in [5, 5.41) is 0. The third kappa shape index (κ3) is 2.72. The second-order valence-corrected chi connectivity index (χ2v) is 8.70. The molecule has 1 atom stereocenters. The standard InChI is InChI=1S/C19H20N2O4S/c1-13-3-6-15-11-20-18(17(15)9-13)12-26(23,24)21(19(20)22)10-14-4-7-16(25-2)8-5-14/h3-9,18H,10-12H2,1-2H3. The summed E-state index contributed by atoms with van der Waals surface area (Å²) in [4.78, 5) is 14.6. The van der Waals surface area contributed by atoms with Crippen LogP contribution in [0.4, 0.5) is 4.79 Å². The first kappa shape index (κ1) is 16.9. The van der Waals surface area contributed by atoms with Gasteiger partial charge in [0.25, 0.3) is 0 Å². The van der Waals surface area contributed by atoms with Crippen LogP contribution >= 0.6 is 0 Å². The highest BCUT2D eigenvalue weighted by Gasteiger charge is 2.46. The zero-order valence-corrected chi connectivity index (χ0v) is 15.5. The van der Waals surface area contributed by atoms with Crippen molar-refractivity contribution >= 4 is 16.1 Å². The van der Waals surface area contributed by atoms with Gasteiger partial charge in [0.05, 0.1) is 25.4 Å². The van der Waals surface area contributed by atoms with Crippen LogP contribution in [0.3, 0.4) is 0 Å². The van der Waals surface area contributed by atoms with Gasteiger partial charge >= 0.3 is 6.03 Å². The molecule has 6 nitrogen and oxygen atoms in total. The van der Waals surface area contributed by atoms with Gasteiger partial charge < -0.3 is 9.64 Å². The van der Waals surface area contributed by atoms with Gasteiger partial charge in [-0.05, 0) is 35.7 Å². The van der Waals surface area contributed by atoms with E-state index in [4.69, 9.17) is 4.74 Å². The molecule has 1 saturated heterocycles. The number of aryl methyl sites for hydroxylation is 1. The maximum absolute atomic E-state index is 13.0. The molecule has 4 rings (SSSR count). The zero-order chi connectivity index (χ0) is 18.5. The van der Waals surface area contributed by atoms with Gasteiger partial charge in [0.1, 0.15) is 5.75 Å². The zero-order valence-electron chi connectivity index (χ0n) is 14.7. The van der Waals surface area contributed by atoms with Crippen molar-refractivity contribution in [3.63, 3.8) is 0 Å². The summed E-state index contributed by atoms with van der Waals surface area (Å²) in [6.07, 6.45) is 0. The molecule has 136 valence electrons. The van der Waals surface area contributed by atoms with Crippen LogP contribution in [0.2, 0.25) is 0 Å². The lowest BCUT2D eigenvalue weighted by atomic mass is 10.0. The van der Waals surface area contributed by atoms with Crippen LogP contribution in [-0.4, -0.2) is 36.5 Å². The first-order valence-corrected chi connectivity index (χ1v) is 10.0. The SMILES string of the molecule is COc1ccc(CN2C(=O)N3Cc4ccc(C)cc4C3CS2(=O)=O)cc1. The lowest BCUT2D eigenvalue weighted by Gasteiger charge is -2.37. The summed E-state index contributed by atoms with van der Waals surface area (Å²) in [5.74, 6) is 0.609. The molecule has 7 heteroatoms. The van der Waals surface area contributed by atoms with Crippen molar-refractivity contribution in [2.45, 2.75) is 26.1 Å². The second kappa shape index (κ2) is 6.02. The molecule has 0 bridgehead atoms. The van der Waals surface area contributed by atoms with Crippen LogP contribution in [0.1, 0.15) is 28.3 Å². The minimum Gasteiger partial charge on any atom is -0.497 e. The van der Waals surface area contributed by atoms with Crippen molar-refractivity contribution in [3.8, 4) is 5.75 Å². The smallest absolute Gasteiger partial charge is 0.334 e. The monoisotopic (exact) mass is 372 g/mol. The number of sulfonamides is 1. The van der Waals surface area contributed by atoms with Gasteiger partial charge in [0, 0.05) is 6.54 Å². The Labute approximate surface area is 153 Å². The maximum Gasteiger partial charge on any atom is 0.334 e. The van der Waals surface area contributed by atoms with E-state index < -0.39 is 22.1 Å². The van der Waals surface area contributed by atoms with Crippen LogP contribution in [-0.2, 0) is 23.1 Å². The molecule has 2 amide bonds. The number of methoxy groups -OCH3 is 1. The largest absolute Gasteiger partial charge is 0.497 e. The Morgan fingerprint density at radius 2 is 1.88 bits per heavy atom. The van der Waals surface area contributed by atoms with Gasteiger partial charge in [0.2, 0.25) is 10.0 Å². The van der Waals surface area contributed by atoms with Gasteiger partial charge in [-0.1, -0.05) is 35.9 Å². The third-order valence-electron chi connectivity index (χ3n) is 5.03. The van der Waals surface area contributed by atoms with Crippen LogP contribution in [0.15, 0.2) is 42.5 Å². The highest BCUT2D eigenvalue weighted by atomic mass is 32.2. The number of rotatable bonds is 3. The van der Waals surface area contributed by atoms with Crippen molar-refractivity contribution < 1.29 is 17.9 Å². The van der Waals surface area contributed by atoms with Gasteiger partial charge in [-0.3, -0.25) is 0 Å². The Bertz CT molecular complexity index is 970. The quantitative estimate of drug-likeness (QED) is 0.831. The molecule has 0 spiro atoms. The number of carbonyl (C=O) groups excluding carboxylic acids is 1. The van der Waals surface area contributed by atoms with E-state index in [1.54, 1.807) is 36.3 Å². The summed E-state index contributed by atoms with van der Waals surface area (Å²) < 4.78 is 31.7. The molecule has 1 fully saturated rings. The highest BCUT2D eigenvalue weighted by molar-refractivity contribution is 7.89. The average Bonchev–Trinajstić information content (AvgIpc) is 2.96. The molecule has 0 saturated carbocycles. The summed E-state index contributed by atoms with van der Waals surface area (Å²) in [7, 11) is -2.12. The Kier molecular flexibility index (Phi) is 3.91. The number of hydrogen-bond donors (Lipinski definition) is 0. The van der Waals surface area contributed by atoms with E-state index in [9.17, 15) is 13.2 Å². The van der Waals surface area contributed by atoms with Crippen molar-refractivity contribution in [1.29, 1.82) is 0 Å². The van der Waals surface area contributed by atoms with Crippen molar-refractivity contribution in [2.24, 2.45) is 0 Å². The number of carbonyl (C=O) groups is 1. The minimum atomic E-state index is -3.69. The fraction of sp³-hybridized carbons (Fsp3) is 0.316. The maximum atomic E-state index is 13.0. The molecule has 0 aromatic heterocycles. The highest BCUT2D eigenvalue weighted by Crippen LogP contribution is 2.40.